The number of hydrogen-bond donors (Lipinski definition) is 14. The van der Waals surface area contributed by atoms with Crippen molar-refractivity contribution in [2.45, 2.75) is 138 Å². The summed E-state index contributed by atoms with van der Waals surface area (Å²) >= 11 is 1.19. The molecule has 0 radical (unpaired) electrons. The fraction of sp³-hybridized carbons (Fsp3) is 0.509. The average molecular weight is 1340 g/mol. The van der Waals surface area contributed by atoms with E-state index >= 15 is 0 Å². The summed E-state index contributed by atoms with van der Waals surface area (Å²) in [4.78, 5) is 115. The molecule has 92 heavy (non-hydrogen) atoms. The van der Waals surface area contributed by atoms with Gasteiger partial charge in [-0.1, -0.05) is 42.9 Å². The van der Waals surface area contributed by atoms with Gasteiger partial charge in [-0.3, -0.25) is 43.4 Å². The van der Waals surface area contributed by atoms with Gasteiger partial charge in [-0.25, -0.2) is 0 Å². The number of benzene rings is 3. The molecule has 0 saturated carbocycles. The molecule has 7 rings (SSSR count). The van der Waals surface area contributed by atoms with Gasteiger partial charge in [0.1, 0.15) is 64.2 Å². The molecule has 496 valence electrons. The average Bonchev–Trinajstić information content (AvgIpc) is 1.60. The van der Waals surface area contributed by atoms with E-state index in [1.807, 2.05) is 24.3 Å². The van der Waals surface area contributed by atoms with Gasteiger partial charge in [0.15, 0.2) is 11.5 Å². The minimum atomic E-state index is -2.54. The summed E-state index contributed by atoms with van der Waals surface area (Å²) in [5.41, 5.74) is 6.34. The summed E-state index contributed by atoms with van der Waals surface area (Å²) in [7, 11) is 1.68. The number of amides is 8. The van der Waals surface area contributed by atoms with Crippen molar-refractivity contribution in [1.82, 2.24) is 46.6 Å². The van der Waals surface area contributed by atoms with Crippen LogP contribution in [0.1, 0.15) is 80.8 Å². The van der Waals surface area contributed by atoms with E-state index in [1.165, 1.54) is 30.4 Å². The molecule has 14 atom stereocenters. The van der Waals surface area contributed by atoms with Crippen molar-refractivity contribution in [3.05, 3.63) is 77.9 Å². The number of ether oxygens (including phenoxy) is 2. The third-order valence-corrected chi connectivity index (χ3v) is 16.8. The molecule has 0 aliphatic carbocycles. The van der Waals surface area contributed by atoms with Crippen molar-refractivity contribution in [2.24, 2.45) is 11.7 Å². The summed E-state index contributed by atoms with van der Waals surface area (Å²) in [6.07, 6.45) is -12.3. The van der Waals surface area contributed by atoms with E-state index in [0.29, 0.717) is 27.9 Å². The molecule has 3 saturated heterocycles. The quantitative estimate of drug-likeness (QED) is 0.0108. The van der Waals surface area contributed by atoms with Crippen molar-refractivity contribution in [3.8, 4) is 38.4 Å². The summed E-state index contributed by atoms with van der Waals surface area (Å²) < 4.78 is 20.0. The number of aromatic nitrogens is 2. The van der Waals surface area contributed by atoms with Gasteiger partial charge in [0.25, 0.3) is 18.2 Å². The van der Waals surface area contributed by atoms with E-state index in [9.17, 15) is 84.5 Å². The van der Waals surface area contributed by atoms with Gasteiger partial charge in [0.05, 0.1) is 43.5 Å². The van der Waals surface area contributed by atoms with E-state index in [-0.39, 0.29) is 53.0 Å². The Balaban J connectivity index is 0.0000134. The number of hydrogen-bond acceptors (Lipinski definition) is 26. The van der Waals surface area contributed by atoms with Gasteiger partial charge < -0.3 is 102 Å². The Bertz CT molecular complexity index is 3180. The van der Waals surface area contributed by atoms with Crippen molar-refractivity contribution in [2.75, 3.05) is 40.0 Å². The second-order valence-corrected chi connectivity index (χ2v) is 23.5. The second kappa shape index (κ2) is 35.0. The van der Waals surface area contributed by atoms with E-state index < -0.39 is 183 Å². The smallest absolute Gasteiger partial charge is 0.691 e. The number of methoxy groups -OCH3 is 1. The molecule has 0 bridgehead atoms. The van der Waals surface area contributed by atoms with Crippen molar-refractivity contribution in [3.63, 3.8) is 0 Å². The Kier molecular flexibility index (Phi) is 28.3. The molecule has 1 aromatic heterocycles. The van der Waals surface area contributed by atoms with Crippen LogP contribution in [0.25, 0.3) is 21.1 Å². The van der Waals surface area contributed by atoms with Crippen LogP contribution in [0, 0.1) is 5.92 Å². The van der Waals surface area contributed by atoms with Crippen LogP contribution in [0.5, 0.6) is 17.2 Å². The zero-order valence-electron chi connectivity index (χ0n) is 50.4. The molecule has 35 heteroatoms. The number of rotatable bonds is 23. The number of aliphatic hydroxyl groups excluding tert-OH is 7. The fourth-order valence-electron chi connectivity index (χ4n) is 10.5. The van der Waals surface area contributed by atoms with Crippen LogP contribution < -0.4 is 76.1 Å². The van der Waals surface area contributed by atoms with Crippen molar-refractivity contribution < 1.29 is 137 Å². The van der Waals surface area contributed by atoms with Crippen LogP contribution in [-0.4, -0.2) is 221 Å². The number of aliphatic hydroxyl groups is 7. The second-order valence-electron chi connectivity index (χ2n) is 22.1. The number of phenols is 1. The Hall–Kier alpha value is -6.71. The molecule has 3 fully saturated rings. The number of nitrogens with one attached hydrogen (secondary N) is 5. The summed E-state index contributed by atoms with van der Waals surface area (Å²) in [5, 5.41) is 125. The molecule has 3 aliphatic heterocycles. The van der Waals surface area contributed by atoms with Gasteiger partial charge in [0.2, 0.25) is 41.4 Å². The number of phenolic OH excluding ortho intramolecular Hbond substituents is 1. The number of nitrogens with zero attached hydrogens (tertiary/aromatic N) is 4. The van der Waals surface area contributed by atoms with E-state index in [4.69, 9.17) is 19.4 Å². The summed E-state index contributed by atoms with van der Waals surface area (Å²) in [6.45, 7) is 1.95. The molecular weight excluding hydrogens is 1260 g/mol. The SMILES string of the molecule is COCCCCCCOc1ccc(-c2nnc(-c3ccc(C(=O)NC4CC(O)CNC(=O)C5C(O)C(C)CN5C(=O)C(C(O)CC(N)=O)NC(=O)C(C(O)C(O)c5ccc(O)c(OSOO[O-])c5)NC(=O)C5CC(O)CN5C(=O)C(C(C)O)NC4=O)cc3)s2)cc1.[Na+]. The Morgan fingerprint density at radius 3 is 2.03 bits per heavy atom. The maximum atomic E-state index is 14.7. The molecular formula is C57H73N10NaO22S2. The predicted octanol–water partition coefficient (Wildman–Crippen LogP) is -6.35. The van der Waals surface area contributed by atoms with Crippen molar-refractivity contribution in [1.29, 1.82) is 0 Å². The molecule has 3 aromatic carbocycles. The third-order valence-electron chi connectivity index (χ3n) is 15.4. The Labute approximate surface area is 557 Å². The van der Waals surface area contributed by atoms with Gasteiger partial charge in [-0.15, -0.1) is 14.5 Å². The molecule has 4 aromatic rings. The first kappa shape index (κ1) is 74.3. The first-order valence-corrected chi connectivity index (χ1v) is 30.3. The normalized spacial score (nSPS) is 24.9. The van der Waals surface area contributed by atoms with Gasteiger partial charge >= 0.3 is 29.6 Å². The van der Waals surface area contributed by atoms with Crippen molar-refractivity contribution >= 4 is 70.9 Å². The number of primary amides is 1. The first-order chi connectivity index (χ1) is 43.4. The first-order valence-electron chi connectivity index (χ1n) is 28.8. The minimum Gasteiger partial charge on any atom is -0.691 e. The van der Waals surface area contributed by atoms with Gasteiger partial charge in [-0.05, 0) is 80.3 Å². The number of β-amino-alcohol motifs (C(OH)–C–C–N with tert-alkyl or cyclic N) is 1. The summed E-state index contributed by atoms with van der Waals surface area (Å²) in [5.74, 6) is -11.3. The van der Waals surface area contributed by atoms with Crippen LogP contribution in [0.2, 0.25) is 0 Å². The molecule has 14 unspecified atom stereocenters. The molecule has 0 spiro atoms. The largest absolute Gasteiger partial charge is 1.00 e. The molecule has 32 nitrogen and oxygen atoms in total. The van der Waals surface area contributed by atoms with Crippen LogP contribution in [0.4, 0.5) is 0 Å². The number of carbonyl (C=O) groups excluding carboxylic acids is 8. The number of aromatic hydroxyl groups is 1. The molecule has 3 aliphatic rings. The molecule has 15 N–H and O–H groups in total. The van der Waals surface area contributed by atoms with Crippen LogP contribution >= 0.6 is 23.7 Å². The monoisotopic (exact) mass is 1340 g/mol. The standard InChI is InChI=1S/C57H74N10O22S2.Na/c1-27-25-67-45(46(27)74)53(81)59-24-33(69)21-36(60-49(77)29-8-10-30(11-9-29)54-64-65-55(90-54)31-12-15-35(16-13-31)86-19-7-5-4-6-18-85-3)50(78)61-42(28(2)68)56(82)66-26-34(70)22-37(66)51(79)63-44(52(80)62-43(57(67)83)39(72)23-41(58)73)48(76)47(75)32-14-17-38(71)40(20-32)87-91-89-88-84;/h8-17,20,27-28,33-34,36-37,39,42-48,68-72,74-76,84H,4-7,18-19,21-26H2,1-3H3,(H2,58,73)(H,59,81)(H,60,77)(H,61,78)(H,62,80)(H,63,79);/q;+1/p-1. The topological polar surface area (TPSA) is 486 Å². The molecule has 8 amide bonds. The van der Waals surface area contributed by atoms with Gasteiger partial charge in [-0.2, -0.15) is 0 Å². The molecule has 4 heterocycles. The minimum absolute atomic E-state index is 0. The maximum Gasteiger partial charge on any atom is 1.00 e. The number of nitrogens with two attached hydrogens (primary N) is 1. The number of unbranched alkanes of at least 4 members (excludes halogenated alkanes) is 3. The predicted molar refractivity (Wildman–Crippen MR) is 315 cm³/mol. The van der Waals surface area contributed by atoms with E-state index in [1.54, 1.807) is 19.2 Å². The fourth-order valence-corrected chi connectivity index (χ4v) is 11.6. The maximum absolute atomic E-state index is 14.7. The number of fused-ring (bicyclic) bond motifs is 2. The zero-order chi connectivity index (χ0) is 66.2. The van der Waals surface area contributed by atoms with Crippen LogP contribution in [-0.2, 0) is 47.7 Å². The number of carbonyl (C=O) groups is 8. The van der Waals surface area contributed by atoms with Crippen LogP contribution in [0.3, 0.4) is 0 Å². The van der Waals surface area contributed by atoms with Crippen LogP contribution in [0.15, 0.2) is 66.7 Å². The summed E-state index contributed by atoms with van der Waals surface area (Å²) in [6, 6.07) is 3.91. The Morgan fingerprint density at radius 1 is 0.783 bits per heavy atom. The van der Waals surface area contributed by atoms with E-state index in [2.05, 4.69) is 46.2 Å². The Morgan fingerprint density at radius 2 is 1.40 bits per heavy atom. The van der Waals surface area contributed by atoms with E-state index in [0.717, 1.165) is 72.8 Å². The third kappa shape index (κ3) is 19.4. The van der Waals surface area contributed by atoms with Gasteiger partial charge in [0, 0.05) is 68.8 Å². The zero-order valence-corrected chi connectivity index (χ0v) is 54.0.